The van der Waals surface area contributed by atoms with Gasteiger partial charge in [0, 0.05) is 0 Å². The summed E-state index contributed by atoms with van der Waals surface area (Å²) in [6.45, 7) is 9.17. The van der Waals surface area contributed by atoms with E-state index in [1.165, 1.54) is 0 Å². The average molecular weight is 232 g/mol. The lowest BCUT2D eigenvalue weighted by molar-refractivity contribution is -0.514. The Morgan fingerprint density at radius 3 is 2.56 bits per heavy atom. The van der Waals surface area contributed by atoms with Gasteiger partial charge in [-0.3, -0.25) is 0 Å². The molecule has 0 saturated heterocycles. The minimum Gasteiger partial charge on any atom is -0.432 e. The summed E-state index contributed by atoms with van der Waals surface area (Å²) in [7, 11) is 0. The van der Waals surface area contributed by atoms with Gasteiger partial charge in [0.1, 0.15) is 0 Å². The summed E-state index contributed by atoms with van der Waals surface area (Å²) >= 11 is 0. The van der Waals surface area contributed by atoms with Crippen LogP contribution in [0.4, 0.5) is 4.79 Å². The van der Waals surface area contributed by atoms with Crippen molar-refractivity contribution in [3.63, 3.8) is 0 Å². The van der Waals surface area contributed by atoms with Crippen molar-refractivity contribution in [1.82, 2.24) is 0 Å². The van der Waals surface area contributed by atoms with Gasteiger partial charge in [0.05, 0.1) is 12.2 Å². The van der Waals surface area contributed by atoms with Gasteiger partial charge in [-0.2, -0.15) is 4.89 Å². The lowest BCUT2D eigenvalue weighted by atomic mass is 10.2. The van der Waals surface area contributed by atoms with E-state index >= 15 is 0 Å². The Bertz CT molecular complexity index is 207. The number of allylic oxidation sites excluding steroid dienone is 1. The molecule has 16 heavy (non-hydrogen) atoms. The molecule has 0 aromatic carbocycles. The maximum absolute atomic E-state index is 10.9. The van der Waals surface area contributed by atoms with Crippen LogP contribution in [0.2, 0.25) is 0 Å². The Hall–Kier alpha value is -1.07. The minimum absolute atomic E-state index is 0.297. The SMILES string of the molecule is C=CCCCCOC(=O)OOOC(C)(C)C. The van der Waals surface area contributed by atoms with E-state index < -0.39 is 11.8 Å². The number of rotatable bonds is 7. The van der Waals surface area contributed by atoms with Gasteiger partial charge in [0.2, 0.25) is 0 Å². The molecule has 0 saturated carbocycles. The predicted molar refractivity (Wildman–Crippen MR) is 58.4 cm³/mol. The van der Waals surface area contributed by atoms with Crippen LogP contribution in [-0.4, -0.2) is 18.4 Å². The number of hydrogen-bond acceptors (Lipinski definition) is 5. The van der Waals surface area contributed by atoms with E-state index in [0.29, 0.717) is 6.61 Å². The van der Waals surface area contributed by atoms with E-state index in [2.05, 4.69) is 16.5 Å². The monoisotopic (exact) mass is 232 g/mol. The zero-order valence-corrected chi connectivity index (χ0v) is 10.2. The summed E-state index contributed by atoms with van der Waals surface area (Å²) in [5, 5.41) is 4.25. The van der Waals surface area contributed by atoms with Crippen LogP contribution in [0, 0.1) is 0 Å². The third kappa shape index (κ3) is 11.0. The molecule has 0 spiro atoms. The lowest BCUT2D eigenvalue weighted by Gasteiger charge is -2.15. The van der Waals surface area contributed by atoms with E-state index in [9.17, 15) is 4.79 Å². The molecule has 0 aliphatic heterocycles. The molecule has 0 aromatic rings. The summed E-state index contributed by atoms with van der Waals surface area (Å²) in [6, 6.07) is 0. The van der Waals surface area contributed by atoms with Crippen molar-refractivity contribution in [2.75, 3.05) is 6.61 Å². The Morgan fingerprint density at radius 2 is 2.00 bits per heavy atom. The van der Waals surface area contributed by atoms with E-state index in [1.807, 2.05) is 6.08 Å². The van der Waals surface area contributed by atoms with Gasteiger partial charge in [0.15, 0.2) is 0 Å². The first-order chi connectivity index (χ1) is 7.45. The van der Waals surface area contributed by atoms with Gasteiger partial charge in [-0.15, -0.1) is 6.58 Å². The second-order valence-corrected chi connectivity index (χ2v) is 4.23. The summed E-state index contributed by atoms with van der Waals surface area (Å²) in [5.74, 6) is 0. The third-order valence-corrected chi connectivity index (χ3v) is 1.41. The van der Waals surface area contributed by atoms with Crippen LogP contribution in [0.15, 0.2) is 12.7 Å². The topological polar surface area (TPSA) is 54.0 Å². The molecule has 94 valence electrons. The van der Waals surface area contributed by atoms with Crippen molar-refractivity contribution >= 4 is 6.16 Å². The van der Waals surface area contributed by atoms with E-state index in [1.54, 1.807) is 20.8 Å². The molecule has 0 amide bonds. The predicted octanol–water partition coefficient (Wildman–Crippen LogP) is 3.16. The molecule has 5 nitrogen and oxygen atoms in total. The summed E-state index contributed by atoms with van der Waals surface area (Å²) < 4.78 is 4.70. The standard InChI is InChI=1S/C11H20O5/c1-5-6-7-8-9-13-10(12)14-16-15-11(2,3)4/h5H,1,6-9H2,2-4H3. The number of ether oxygens (including phenoxy) is 1. The fourth-order valence-electron chi connectivity index (χ4n) is 0.717. The van der Waals surface area contributed by atoms with Crippen molar-refractivity contribution in [2.45, 2.75) is 45.6 Å². The smallest absolute Gasteiger partial charge is 0.432 e. The fourth-order valence-corrected chi connectivity index (χ4v) is 0.717. The van der Waals surface area contributed by atoms with Crippen LogP contribution in [0.5, 0.6) is 0 Å². The Kier molecular flexibility index (Phi) is 7.58. The van der Waals surface area contributed by atoms with Crippen molar-refractivity contribution in [3.8, 4) is 0 Å². The van der Waals surface area contributed by atoms with Crippen molar-refractivity contribution in [1.29, 1.82) is 0 Å². The number of carbonyl (C=O) groups is 1. The first kappa shape index (κ1) is 14.9. The third-order valence-electron chi connectivity index (χ3n) is 1.41. The maximum atomic E-state index is 10.9. The van der Waals surface area contributed by atoms with Gasteiger partial charge in [-0.1, -0.05) is 6.08 Å². The van der Waals surface area contributed by atoms with Crippen molar-refractivity contribution < 1.29 is 24.3 Å². The van der Waals surface area contributed by atoms with Crippen molar-refractivity contribution in [3.05, 3.63) is 12.7 Å². The first-order valence-corrected chi connectivity index (χ1v) is 5.26. The van der Waals surface area contributed by atoms with Gasteiger partial charge in [-0.05, 0) is 45.1 Å². The van der Waals surface area contributed by atoms with Crippen LogP contribution in [-0.2, 0) is 19.6 Å². The summed E-state index contributed by atoms with van der Waals surface area (Å²) in [6.07, 6.45) is 3.51. The quantitative estimate of drug-likeness (QED) is 0.222. The second-order valence-electron chi connectivity index (χ2n) is 4.23. The highest BCUT2D eigenvalue weighted by Gasteiger charge is 2.14. The maximum Gasteiger partial charge on any atom is 0.542 e. The molecule has 0 fully saturated rings. The molecular weight excluding hydrogens is 212 g/mol. The van der Waals surface area contributed by atoms with Gasteiger partial charge in [0.25, 0.3) is 0 Å². The second kappa shape index (κ2) is 8.13. The van der Waals surface area contributed by atoms with Gasteiger partial charge in [-0.25, -0.2) is 9.68 Å². The molecule has 0 aromatic heterocycles. The molecular formula is C11H20O5. The molecule has 0 aliphatic carbocycles. The zero-order valence-electron chi connectivity index (χ0n) is 10.2. The fraction of sp³-hybridized carbons (Fsp3) is 0.727. The first-order valence-electron chi connectivity index (χ1n) is 5.26. The highest BCUT2D eigenvalue weighted by Crippen LogP contribution is 2.07. The van der Waals surface area contributed by atoms with Crippen LogP contribution in [0.3, 0.4) is 0 Å². The van der Waals surface area contributed by atoms with Crippen molar-refractivity contribution in [2.24, 2.45) is 0 Å². The molecule has 5 heteroatoms. The number of carbonyl (C=O) groups excluding carboxylic acids is 1. The van der Waals surface area contributed by atoms with Gasteiger partial charge >= 0.3 is 6.16 Å². The number of hydrogen-bond donors (Lipinski definition) is 0. The Balaban J connectivity index is 3.35. The van der Waals surface area contributed by atoms with Gasteiger partial charge < -0.3 is 4.74 Å². The van der Waals surface area contributed by atoms with E-state index in [4.69, 9.17) is 9.62 Å². The molecule has 0 bridgehead atoms. The molecule has 0 radical (unpaired) electrons. The highest BCUT2D eigenvalue weighted by molar-refractivity contribution is 5.58. The average Bonchev–Trinajstić information content (AvgIpc) is 2.15. The minimum atomic E-state index is -0.900. The lowest BCUT2D eigenvalue weighted by Crippen LogP contribution is -2.21. The largest absolute Gasteiger partial charge is 0.542 e. The Labute approximate surface area is 96.2 Å². The highest BCUT2D eigenvalue weighted by atomic mass is 17.5. The molecule has 0 aliphatic rings. The molecule has 0 unspecified atom stereocenters. The van der Waals surface area contributed by atoms with Crippen LogP contribution < -0.4 is 0 Å². The number of unbranched alkanes of at least 4 members (excludes halogenated alkanes) is 2. The van der Waals surface area contributed by atoms with E-state index in [-0.39, 0.29) is 0 Å². The van der Waals surface area contributed by atoms with Crippen LogP contribution in [0.25, 0.3) is 0 Å². The summed E-state index contributed by atoms with van der Waals surface area (Å²) in [4.78, 5) is 19.8. The van der Waals surface area contributed by atoms with E-state index in [0.717, 1.165) is 19.3 Å². The molecule has 0 heterocycles. The normalized spacial score (nSPS) is 10.9. The molecule has 0 rings (SSSR count). The molecule has 0 N–H and O–H groups in total. The zero-order chi connectivity index (χ0) is 12.4. The van der Waals surface area contributed by atoms with Crippen LogP contribution >= 0.6 is 0 Å². The summed E-state index contributed by atoms with van der Waals surface area (Å²) in [5.41, 5.74) is -0.537. The Morgan fingerprint density at radius 1 is 1.31 bits per heavy atom. The molecule has 0 atom stereocenters. The van der Waals surface area contributed by atoms with Crippen LogP contribution in [0.1, 0.15) is 40.0 Å².